The SMILES string of the molecule is CNC(=O)C(C)(C)CNC(=O)Nc1ccc(C(=O)O)nc1. The first kappa shape index (κ1) is 16.4. The minimum absolute atomic E-state index is 0.110. The summed E-state index contributed by atoms with van der Waals surface area (Å²) in [6, 6.07) is 2.21. The molecule has 8 nitrogen and oxygen atoms in total. The third-order valence-corrected chi connectivity index (χ3v) is 2.77. The minimum atomic E-state index is -1.14. The number of rotatable bonds is 5. The number of pyridine rings is 1. The Hall–Kier alpha value is -2.64. The van der Waals surface area contributed by atoms with Crippen LogP contribution in [0.2, 0.25) is 0 Å². The van der Waals surface area contributed by atoms with E-state index in [1.54, 1.807) is 13.8 Å². The second-order valence-electron chi connectivity index (χ2n) is 5.01. The maximum atomic E-state index is 11.7. The smallest absolute Gasteiger partial charge is 0.354 e. The molecule has 0 aliphatic heterocycles. The second-order valence-corrected chi connectivity index (χ2v) is 5.01. The molecule has 3 amide bonds. The van der Waals surface area contributed by atoms with Gasteiger partial charge in [0.25, 0.3) is 0 Å². The summed E-state index contributed by atoms with van der Waals surface area (Å²) >= 11 is 0. The van der Waals surface area contributed by atoms with Gasteiger partial charge in [0.05, 0.1) is 17.3 Å². The molecule has 0 atom stereocenters. The molecule has 1 aromatic rings. The van der Waals surface area contributed by atoms with Crippen LogP contribution in [0.5, 0.6) is 0 Å². The van der Waals surface area contributed by atoms with Crippen LogP contribution in [0, 0.1) is 5.41 Å². The summed E-state index contributed by atoms with van der Waals surface area (Å²) in [4.78, 5) is 37.6. The molecule has 0 bridgehead atoms. The van der Waals surface area contributed by atoms with Crippen LogP contribution in [0.4, 0.5) is 10.5 Å². The Balaban J connectivity index is 2.54. The number of urea groups is 1. The number of carbonyl (C=O) groups is 3. The number of nitrogens with one attached hydrogen (secondary N) is 3. The molecule has 0 fully saturated rings. The van der Waals surface area contributed by atoms with E-state index in [0.29, 0.717) is 5.69 Å². The van der Waals surface area contributed by atoms with Gasteiger partial charge in [-0.15, -0.1) is 0 Å². The van der Waals surface area contributed by atoms with Crippen molar-refractivity contribution in [2.45, 2.75) is 13.8 Å². The highest BCUT2D eigenvalue weighted by Crippen LogP contribution is 2.13. The molecule has 4 N–H and O–H groups in total. The average Bonchev–Trinajstić information content (AvgIpc) is 2.45. The lowest BCUT2D eigenvalue weighted by Gasteiger charge is -2.22. The van der Waals surface area contributed by atoms with Crippen LogP contribution >= 0.6 is 0 Å². The number of carboxylic acids is 1. The molecule has 0 aromatic carbocycles. The predicted molar refractivity (Wildman–Crippen MR) is 76.1 cm³/mol. The van der Waals surface area contributed by atoms with E-state index >= 15 is 0 Å². The van der Waals surface area contributed by atoms with Crippen molar-refractivity contribution in [1.82, 2.24) is 15.6 Å². The van der Waals surface area contributed by atoms with Gasteiger partial charge in [0.1, 0.15) is 5.69 Å². The summed E-state index contributed by atoms with van der Waals surface area (Å²) in [5.74, 6) is -1.33. The number of carbonyl (C=O) groups excluding carboxylic acids is 2. The lowest BCUT2D eigenvalue weighted by Crippen LogP contribution is -2.44. The Morgan fingerprint density at radius 1 is 1.29 bits per heavy atom. The summed E-state index contributed by atoms with van der Waals surface area (Å²) in [6.07, 6.45) is 1.24. The molecule has 0 aliphatic carbocycles. The van der Waals surface area contributed by atoms with Crippen molar-refractivity contribution < 1.29 is 19.5 Å². The third kappa shape index (κ3) is 4.75. The zero-order valence-corrected chi connectivity index (χ0v) is 12.1. The van der Waals surface area contributed by atoms with Gasteiger partial charge >= 0.3 is 12.0 Å². The van der Waals surface area contributed by atoms with Crippen LogP contribution in [0.1, 0.15) is 24.3 Å². The molecule has 114 valence electrons. The van der Waals surface area contributed by atoms with Crippen LogP contribution in [-0.4, -0.2) is 41.6 Å². The van der Waals surface area contributed by atoms with Gasteiger partial charge in [0.2, 0.25) is 5.91 Å². The molecular formula is C13H18N4O4. The van der Waals surface area contributed by atoms with Gasteiger partial charge in [-0.25, -0.2) is 14.6 Å². The van der Waals surface area contributed by atoms with Crippen LogP contribution in [0.15, 0.2) is 18.3 Å². The molecule has 0 saturated heterocycles. The quantitative estimate of drug-likeness (QED) is 0.636. The first-order chi connectivity index (χ1) is 9.76. The van der Waals surface area contributed by atoms with E-state index < -0.39 is 17.4 Å². The fraction of sp³-hybridized carbons (Fsp3) is 0.385. The second kappa shape index (κ2) is 6.69. The highest BCUT2D eigenvalue weighted by atomic mass is 16.4. The van der Waals surface area contributed by atoms with Crippen LogP contribution < -0.4 is 16.0 Å². The van der Waals surface area contributed by atoms with Crippen molar-refractivity contribution >= 4 is 23.6 Å². The average molecular weight is 294 g/mol. The summed E-state index contributed by atoms with van der Waals surface area (Å²) < 4.78 is 0. The molecule has 1 rings (SSSR count). The Morgan fingerprint density at radius 3 is 2.43 bits per heavy atom. The number of aromatic nitrogens is 1. The lowest BCUT2D eigenvalue weighted by atomic mass is 9.92. The van der Waals surface area contributed by atoms with Crippen molar-refractivity contribution in [2.75, 3.05) is 18.9 Å². The van der Waals surface area contributed by atoms with E-state index in [1.807, 2.05) is 0 Å². The Morgan fingerprint density at radius 2 is 1.95 bits per heavy atom. The summed E-state index contributed by atoms with van der Waals surface area (Å²) in [6.45, 7) is 3.56. The molecule has 0 spiro atoms. The van der Waals surface area contributed by atoms with Crippen molar-refractivity contribution in [3.8, 4) is 0 Å². The van der Waals surface area contributed by atoms with Crippen molar-refractivity contribution in [3.63, 3.8) is 0 Å². The zero-order chi connectivity index (χ0) is 16.0. The number of hydrogen-bond donors (Lipinski definition) is 4. The number of carboxylic acid groups (broad SMARTS) is 1. The van der Waals surface area contributed by atoms with Crippen LogP contribution in [0.25, 0.3) is 0 Å². The summed E-state index contributed by atoms with van der Waals surface area (Å²) in [5, 5.41) is 16.3. The first-order valence-electron chi connectivity index (χ1n) is 6.22. The standard InChI is InChI=1S/C13H18N4O4/c1-13(2,11(20)14-3)7-16-12(21)17-8-4-5-9(10(18)19)15-6-8/h4-6H,7H2,1-3H3,(H,14,20)(H,18,19)(H2,16,17,21). The summed E-state index contributed by atoms with van der Waals surface area (Å²) in [7, 11) is 1.53. The number of anilines is 1. The Labute approximate surface area is 121 Å². The molecule has 0 aliphatic rings. The normalized spacial score (nSPS) is 10.6. The Kier molecular flexibility index (Phi) is 5.23. The third-order valence-electron chi connectivity index (χ3n) is 2.77. The molecule has 0 radical (unpaired) electrons. The lowest BCUT2D eigenvalue weighted by molar-refractivity contribution is -0.128. The topological polar surface area (TPSA) is 120 Å². The van der Waals surface area contributed by atoms with Crippen LogP contribution in [0.3, 0.4) is 0 Å². The van der Waals surface area contributed by atoms with E-state index in [-0.39, 0.29) is 18.1 Å². The highest BCUT2D eigenvalue weighted by molar-refractivity contribution is 5.91. The number of aromatic carboxylic acids is 1. The van der Waals surface area contributed by atoms with Gasteiger partial charge in [-0.2, -0.15) is 0 Å². The minimum Gasteiger partial charge on any atom is -0.477 e. The molecular weight excluding hydrogens is 276 g/mol. The van der Waals surface area contributed by atoms with E-state index in [4.69, 9.17) is 5.11 Å². The van der Waals surface area contributed by atoms with Crippen molar-refractivity contribution in [2.24, 2.45) is 5.41 Å². The number of amides is 3. The molecule has 0 unspecified atom stereocenters. The molecule has 21 heavy (non-hydrogen) atoms. The van der Waals surface area contributed by atoms with E-state index in [1.165, 1.54) is 25.4 Å². The van der Waals surface area contributed by atoms with Gasteiger partial charge in [-0.1, -0.05) is 0 Å². The van der Waals surface area contributed by atoms with E-state index in [0.717, 1.165) is 0 Å². The summed E-state index contributed by atoms with van der Waals surface area (Å²) in [5.41, 5.74) is -0.491. The largest absolute Gasteiger partial charge is 0.477 e. The van der Waals surface area contributed by atoms with Gasteiger partial charge < -0.3 is 21.1 Å². The van der Waals surface area contributed by atoms with Crippen LogP contribution in [-0.2, 0) is 4.79 Å². The van der Waals surface area contributed by atoms with Crippen molar-refractivity contribution in [1.29, 1.82) is 0 Å². The highest BCUT2D eigenvalue weighted by Gasteiger charge is 2.26. The van der Waals surface area contributed by atoms with E-state index in [9.17, 15) is 14.4 Å². The van der Waals surface area contributed by atoms with E-state index in [2.05, 4.69) is 20.9 Å². The monoisotopic (exact) mass is 294 g/mol. The van der Waals surface area contributed by atoms with Gasteiger partial charge in [0.15, 0.2) is 0 Å². The Bertz CT molecular complexity index is 540. The first-order valence-corrected chi connectivity index (χ1v) is 6.22. The van der Waals surface area contributed by atoms with Crippen molar-refractivity contribution in [3.05, 3.63) is 24.0 Å². The van der Waals surface area contributed by atoms with Gasteiger partial charge in [-0.05, 0) is 26.0 Å². The fourth-order valence-electron chi connectivity index (χ4n) is 1.49. The fourth-order valence-corrected chi connectivity index (χ4v) is 1.49. The molecule has 1 aromatic heterocycles. The molecule has 8 heteroatoms. The maximum absolute atomic E-state index is 11.7. The molecule has 0 saturated carbocycles. The van der Waals surface area contributed by atoms with Gasteiger partial charge in [-0.3, -0.25) is 4.79 Å². The predicted octanol–water partition coefficient (Wildman–Crippen LogP) is 0.673. The maximum Gasteiger partial charge on any atom is 0.354 e. The number of hydrogen-bond acceptors (Lipinski definition) is 4. The van der Waals surface area contributed by atoms with Gasteiger partial charge in [0, 0.05) is 13.6 Å². The zero-order valence-electron chi connectivity index (χ0n) is 12.1. The molecule has 1 heterocycles. The number of nitrogens with zero attached hydrogens (tertiary/aromatic N) is 1.